The van der Waals surface area contributed by atoms with Crippen molar-refractivity contribution < 1.29 is 29.4 Å². The van der Waals surface area contributed by atoms with Crippen LogP contribution in [-0.4, -0.2) is 48.7 Å². The fourth-order valence-electron chi connectivity index (χ4n) is 4.30. The Kier molecular flexibility index (Phi) is 11.1. The number of nitrogens with one attached hydrogen (secondary N) is 2. The number of thioether (sulfide) groups is 1. The van der Waals surface area contributed by atoms with E-state index in [9.17, 15) is 14.7 Å². The topological polar surface area (TPSA) is 148 Å². The van der Waals surface area contributed by atoms with Gasteiger partial charge in [-0.15, -0.1) is 10.2 Å². The highest BCUT2D eigenvalue weighted by atomic mass is 32.2. The standard InChI is InChI=1S/C28H35N5O6S/c1-33-18-30-31-28(33)40-17-23-14-24(21-10-8-20(16-34)9-11-21)39-27(38-23)22-12-6-19(7-13-22)15-29-25(35)4-2-3-5-26(36)32-37/h6-13,18,23-24,27,34,37H,2-5,14-17H2,1H3,(H,29,35)(H,32,36). The third kappa shape index (κ3) is 8.60. The molecule has 4 rings (SSSR count). The molecule has 1 aliphatic heterocycles. The van der Waals surface area contributed by atoms with Gasteiger partial charge in [-0.3, -0.25) is 14.8 Å². The average Bonchev–Trinajstić information content (AvgIpc) is 3.41. The van der Waals surface area contributed by atoms with Gasteiger partial charge in [0, 0.05) is 44.2 Å². The number of ether oxygens (including phenoxy) is 2. The number of nitrogens with zero attached hydrogens (tertiary/aromatic N) is 3. The third-order valence-electron chi connectivity index (χ3n) is 6.61. The summed E-state index contributed by atoms with van der Waals surface area (Å²) in [6, 6.07) is 15.6. The van der Waals surface area contributed by atoms with E-state index < -0.39 is 12.2 Å². The number of aryl methyl sites for hydroxylation is 1. The van der Waals surface area contributed by atoms with Crippen LogP contribution in [0, 0.1) is 0 Å². The summed E-state index contributed by atoms with van der Waals surface area (Å²) < 4.78 is 14.6. The van der Waals surface area contributed by atoms with Gasteiger partial charge in [0.25, 0.3) is 0 Å². The number of benzene rings is 2. The summed E-state index contributed by atoms with van der Waals surface area (Å²) in [5.41, 5.74) is 5.28. The van der Waals surface area contributed by atoms with Crippen LogP contribution in [0.25, 0.3) is 0 Å². The molecule has 3 aromatic rings. The molecule has 4 N–H and O–H groups in total. The minimum absolute atomic E-state index is 0.00927. The van der Waals surface area contributed by atoms with Crippen LogP contribution < -0.4 is 10.8 Å². The summed E-state index contributed by atoms with van der Waals surface area (Å²) in [7, 11) is 1.91. The van der Waals surface area contributed by atoms with Gasteiger partial charge >= 0.3 is 0 Å². The predicted octanol–water partition coefficient (Wildman–Crippen LogP) is 3.33. The molecule has 2 aromatic carbocycles. The second-order valence-corrected chi connectivity index (χ2v) is 10.6. The summed E-state index contributed by atoms with van der Waals surface area (Å²) in [4.78, 5) is 23.2. The van der Waals surface area contributed by atoms with E-state index in [4.69, 9.17) is 14.7 Å². The Morgan fingerprint density at radius 2 is 1.68 bits per heavy atom. The molecule has 0 spiro atoms. The number of hydrogen-bond acceptors (Lipinski definition) is 9. The molecule has 40 heavy (non-hydrogen) atoms. The molecule has 12 heteroatoms. The van der Waals surface area contributed by atoms with E-state index in [1.54, 1.807) is 23.6 Å². The number of carbonyl (C=O) groups is 2. The molecular weight excluding hydrogens is 534 g/mol. The Morgan fingerprint density at radius 3 is 2.33 bits per heavy atom. The van der Waals surface area contributed by atoms with Gasteiger partial charge in [-0.2, -0.15) is 0 Å². The van der Waals surface area contributed by atoms with E-state index in [0.29, 0.717) is 38.0 Å². The van der Waals surface area contributed by atoms with Gasteiger partial charge in [0.05, 0.1) is 18.8 Å². The first kappa shape index (κ1) is 29.7. The van der Waals surface area contributed by atoms with Crippen LogP contribution in [0.1, 0.15) is 66.8 Å². The lowest BCUT2D eigenvalue weighted by Gasteiger charge is -2.36. The van der Waals surface area contributed by atoms with Crippen molar-refractivity contribution in [3.05, 3.63) is 77.1 Å². The number of unbranched alkanes of at least 4 members (excludes halogenated alkanes) is 1. The van der Waals surface area contributed by atoms with Crippen molar-refractivity contribution >= 4 is 23.6 Å². The molecule has 214 valence electrons. The van der Waals surface area contributed by atoms with Gasteiger partial charge in [-0.25, -0.2) is 5.48 Å². The first-order valence-corrected chi connectivity index (χ1v) is 14.2. The molecule has 1 saturated heterocycles. The Bertz CT molecular complexity index is 1240. The Hall–Kier alpha value is -3.29. The largest absolute Gasteiger partial charge is 0.392 e. The fraction of sp³-hybridized carbons (Fsp3) is 0.429. The molecule has 1 aliphatic rings. The first-order chi connectivity index (χ1) is 19.4. The molecule has 1 aromatic heterocycles. The van der Waals surface area contributed by atoms with Gasteiger partial charge in [0.1, 0.15) is 6.33 Å². The van der Waals surface area contributed by atoms with E-state index in [1.807, 2.05) is 60.1 Å². The van der Waals surface area contributed by atoms with E-state index in [2.05, 4.69) is 15.5 Å². The lowest BCUT2D eigenvalue weighted by molar-refractivity contribution is -0.245. The third-order valence-corrected chi connectivity index (χ3v) is 7.77. The summed E-state index contributed by atoms with van der Waals surface area (Å²) in [5.74, 6) is 0.144. The maximum atomic E-state index is 12.1. The maximum Gasteiger partial charge on any atom is 0.243 e. The van der Waals surface area contributed by atoms with Crippen molar-refractivity contribution in [2.45, 2.75) is 68.9 Å². The van der Waals surface area contributed by atoms with E-state index in [1.165, 1.54) is 0 Å². The number of aliphatic hydroxyl groups is 1. The highest BCUT2D eigenvalue weighted by molar-refractivity contribution is 7.99. The molecule has 11 nitrogen and oxygen atoms in total. The zero-order valence-corrected chi connectivity index (χ0v) is 23.2. The SMILES string of the molecule is Cn1cnnc1SCC1CC(c2ccc(CO)cc2)OC(c2ccc(CNC(=O)CCCCC(=O)NO)cc2)O1. The monoisotopic (exact) mass is 569 g/mol. The second kappa shape index (κ2) is 14.9. The Labute approximate surface area is 237 Å². The van der Waals surface area contributed by atoms with Gasteiger partial charge in [-0.1, -0.05) is 60.3 Å². The molecule has 2 amide bonds. The maximum absolute atomic E-state index is 12.1. The number of aliphatic hydroxyl groups excluding tert-OH is 1. The molecule has 0 bridgehead atoms. The second-order valence-electron chi connectivity index (χ2n) is 9.65. The molecule has 0 radical (unpaired) electrons. The zero-order valence-electron chi connectivity index (χ0n) is 22.4. The Morgan fingerprint density at radius 1 is 1.00 bits per heavy atom. The summed E-state index contributed by atoms with van der Waals surface area (Å²) >= 11 is 1.59. The van der Waals surface area contributed by atoms with Crippen LogP contribution >= 0.6 is 11.8 Å². The van der Waals surface area contributed by atoms with Crippen molar-refractivity contribution in [1.29, 1.82) is 0 Å². The summed E-state index contributed by atoms with van der Waals surface area (Å²) in [6.07, 6.45) is 3.10. The van der Waals surface area contributed by atoms with Gasteiger partial charge < -0.3 is 24.5 Å². The molecule has 3 unspecified atom stereocenters. The highest BCUT2D eigenvalue weighted by Crippen LogP contribution is 2.39. The van der Waals surface area contributed by atoms with Crippen LogP contribution in [-0.2, 0) is 39.3 Å². The van der Waals surface area contributed by atoms with Gasteiger partial charge in [-0.05, 0) is 29.5 Å². The van der Waals surface area contributed by atoms with Crippen LogP contribution in [0.4, 0.5) is 0 Å². The lowest BCUT2D eigenvalue weighted by atomic mass is 10.0. The molecule has 1 fully saturated rings. The molecule has 2 heterocycles. The van der Waals surface area contributed by atoms with Gasteiger partial charge in [0.2, 0.25) is 11.8 Å². The highest BCUT2D eigenvalue weighted by Gasteiger charge is 2.32. The molecule has 0 aliphatic carbocycles. The van der Waals surface area contributed by atoms with Crippen molar-refractivity contribution in [2.75, 3.05) is 5.75 Å². The van der Waals surface area contributed by atoms with Gasteiger partial charge in [0.15, 0.2) is 11.4 Å². The number of aromatic nitrogens is 3. The van der Waals surface area contributed by atoms with Crippen molar-refractivity contribution in [3.8, 4) is 0 Å². The number of carbonyl (C=O) groups excluding carboxylic acids is 2. The average molecular weight is 570 g/mol. The van der Waals surface area contributed by atoms with Crippen molar-refractivity contribution in [1.82, 2.24) is 25.6 Å². The van der Waals surface area contributed by atoms with E-state index in [0.717, 1.165) is 27.4 Å². The lowest BCUT2D eigenvalue weighted by Crippen LogP contribution is -2.31. The zero-order chi connectivity index (χ0) is 28.3. The van der Waals surface area contributed by atoms with Crippen LogP contribution in [0.5, 0.6) is 0 Å². The quantitative estimate of drug-likeness (QED) is 0.105. The van der Waals surface area contributed by atoms with Crippen LogP contribution in [0.3, 0.4) is 0 Å². The molecular formula is C28H35N5O6S. The molecule has 0 saturated carbocycles. The van der Waals surface area contributed by atoms with E-state index in [-0.39, 0.29) is 31.1 Å². The summed E-state index contributed by atoms with van der Waals surface area (Å²) in [6.45, 7) is 0.379. The predicted molar refractivity (Wildman–Crippen MR) is 147 cm³/mol. The Balaban J connectivity index is 1.35. The van der Waals surface area contributed by atoms with Crippen molar-refractivity contribution in [3.63, 3.8) is 0 Å². The molecule has 3 atom stereocenters. The first-order valence-electron chi connectivity index (χ1n) is 13.2. The summed E-state index contributed by atoms with van der Waals surface area (Å²) in [5, 5.41) is 29.7. The smallest absolute Gasteiger partial charge is 0.243 e. The number of hydroxylamine groups is 1. The number of rotatable bonds is 13. The fourth-order valence-corrected chi connectivity index (χ4v) is 5.21. The minimum atomic E-state index is -0.568. The normalized spacial score (nSPS) is 18.8. The number of hydrogen-bond donors (Lipinski definition) is 4. The van der Waals surface area contributed by atoms with E-state index >= 15 is 0 Å². The van der Waals surface area contributed by atoms with Crippen LogP contribution in [0.2, 0.25) is 0 Å². The van der Waals surface area contributed by atoms with Crippen LogP contribution in [0.15, 0.2) is 60.0 Å². The van der Waals surface area contributed by atoms with Crippen molar-refractivity contribution in [2.24, 2.45) is 7.05 Å². The minimum Gasteiger partial charge on any atom is -0.392 e. The number of amides is 2.